The molecule has 0 aliphatic rings. The van der Waals surface area contributed by atoms with Crippen molar-refractivity contribution in [2.24, 2.45) is 4.90 Å². The fraction of sp³-hybridized carbons (Fsp3) is 0.120. The van der Waals surface area contributed by atoms with Crippen molar-refractivity contribution in [3.05, 3.63) is 108 Å². The minimum Gasteiger partial charge on any atom is -0.512 e. The lowest BCUT2D eigenvalue weighted by atomic mass is 9.51. The van der Waals surface area contributed by atoms with Crippen LogP contribution >= 0.6 is 34.8 Å². The summed E-state index contributed by atoms with van der Waals surface area (Å²) in [5.41, 5.74) is 2.25. The molecule has 3 rings (SSSR count). The van der Waals surface area contributed by atoms with Crippen LogP contribution in [0, 0.1) is 0 Å². The lowest BCUT2D eigenvalue weighted by Gasteiger charge is -2.21. The van der Waals surface area contributed by atoms with Gasteiger partial charge in [-0.1, -0.05) is 126 Å². The van der Waals surface area contributed by atoms with Gasteiger partial charge in [0.2, 0.25) is 3.79 Å². The zero-order chi connectivity index (χ0) is 23.8. The number of carbonyl (C=O) groups is 1. The number of allylic oxidation sites excluding steroid dienone is 1. The maximum atomic E-state index is 13.1. The first-order valence-corrected chi connectivity index (χ1v) is 11.4. The SMILES string of the molecule is CC(O)=C(C(=O)NCc1ccccc1)C(=NB(c1ccccc1)c1ccccc1)C(Cl)(Cl)Cl. The average Bonchev–Trinajstić information content (AvgIpc) is 2.81. The highest BCUT2D eigenvalue weighted by atomic mass is 35.6. The number of aliphatic hydroxyl groups is 1. The first-order valence-electron chi connectivity index (χ1n) is 10.2. The fourth-order valence-electron chi connectivity index (χ4n) is 3.33. The number of nitrogens with zero attached hydrogens (tertiary/aromatic N) is 1. The lowest BCUT2D eigenvalue weighted by Crippen LogP contribution is -2.44. The number of aliphatic hydroxyl groups excluding tert-OH is 1. The minimum atomic E-state index is -2.06. The van der Waals surface area contributed by atoms with Crippen molar-refractivity contribution in [3.63, 3.8) is 0 Å². The van der Waals surface area contributed by atoms with Crippen molar-refractivity contribution in [3.8, 4) is 0 Å². The van der Waals surface area contributed by atoms with Gasteiger partial charge in [-0.25, -0.2) is 0 Å². The van der Waals surface area contributed by atoms with Crippen molar-refractivity contribution < 1.29 is 9.90 Å². The first kappa shape index (κ1) is 24.9. The number of nitrogens with one attached hydrogen (secondary N) is 1. The predicted molar refractivity (Wildman–Crippen MR) is 139 cm³/mol. The van der Waals surface area contributed by atoms with E-state index in [1.54, 1.807) is 0 Å². The molecule has 0 aliphatic heterocycles. The summed E-state index contributed by atoms with van der Waals surface area (Å²) in [5, 5.41) is 13.2. The molecule has 0 aliphatic carbocycles. The molecule has 0 bridgehead atoms. The quantitative estimate of drug-likeness (QED) is 0.162. The standard InChI is InChI=1S/C25H22BCl3N2O2/c1-18(32)22(24(33)30-17-19-11-5-2-6-12-19)23(25(27,28)29)31-26(20-13-7-3-8-14-20)21-15-9-4-10-16-21/h2-16,32H,17H2,1H3,(H,30,33). The number of hydrogen-bond donors (Lipinski definition) is 2. The highest BCUT2D eigenvalue weighted by Crippen LogP contribution is 2.32. The second-order valence-corrected chi connectivity index (χ2v) is 9.61. The number of halogens is 3. The minimum absolute atomic E-state index is 0.143. The zero-order valence-corrected chi connectivity index (χ0v) is 20.1. The second kappa shape index (κ2) is 11.4. The Kier molecular flexibility index (Phi) is 8.62. The molecule has 0 heterocycles. The van der Waals surface area contributed by atoms with Crippen LogP contribution in [0.4, 0.5) is 0 Å². The molecule has 4 nitrogen and oxygen atoms in total. The normalized spacial score (nSPS) is 12.7. The molecule has 0 saturated carbocycles. The molecule has 3 aromatic carbocycles. The second-order valence-electron chi connectivity index (χ2n) is 7.33. The molecule has 0 atom stereocenters. The highest BCUT2D eigenvalue weighted by molar-refractivity contribution is 6.87. The van der Waals surface area contributed by atoms with Crippen molar-refractivity contribution in [2.45, 2.75) is 17.3 Å². The Hall–Kier alpha value is -2.73. The van der Waals surface area contributed by atoms with Crippen molar-refractivity contribution in [2.75, 3.05) is 0 Å². The largest absolute Gasteiger partial charge is 0.512 e. The molecule has 0 aromatic heterocycles. The van der Waals surface area contributed by atoms with Gasteiger partial charge in [-0.05, 0) is 23.4 Å². The van der Waals surface area contributed by atoms with Crippen molar-refractivity contribution in [1.82, 2.24) is 5.32 Å². The van der Waals surface area contributed by atoms with Gasteiger partial charge in [-0.3, -0.25) is 4.79 Å². The number of carbonyl (C=O) groups excluding carboxylic acids is 1. The number of rotatable bonds is 7. The van der Waals surface area contributed by atoms with Gasteiger partial charge < -0.3 is 15.3 Å². The van der Waals surface area contributed by atoms with Gasteiger partial charge in [0, 0.05) is 6.54 Å². The van der Waals surface area contributed by atoms with Crippen LogP contribution in [-0.2, 0) is 11.3 Å². The summed E-state index contributed by atoms with van der Waals surface area (Å²) in [7, 11) is 0. The van der Waals surface area contributed by atoms with Crippen LogP contribution in [0.1, 0.15) is 12.5 Å². The van der Waals surface area contributed by atoms with E-state index in [4.69, 9.17) is 39.7 Å². The smallest absolute Gasteiger partial charge is 0.344 e. The van der Waals surface area contributed by atoms with Crippen LogP contribution in [0.2, 0.25) is 0 Å². The summed E-state index contributed by atoms with van der Waals surface area (Å²) in [6, 6.07) is 28.3. The van der Waals surface area contributed by atoms with Gasteiger partial charge in [0.1, 0.15) is 11.3 Å². The first-order chi connectivity index (χ1) is 15.8. The molecule has 0 spiro atoms. The Morgan fingerprint density at radius 1 is 0.879 bits per heavy atom. The summed E-state index contributed by atoms with van der Waals surface area (Å²) >= 11 is 18.9. The molecule has 0 unspecified atom stereocenters. The molecule has 3 aromatic rings. The predicted octanol–water partition coefficient (Wildman–Crippen LogP) is 4.75. The monoisotopic (exact) mass is 498 g/mol. The van der Waals surface area contributed by atoms with Crippen LogP contribution in [0.3, 0.4) is 0 Å². The molecule has 168 valence electrons. The molecule has 8 heteroatoms. The number of amides is 1. The van der Waals surface area contributed by atoms with E-state index in [0.717, 1.165) is 16.5 Å². The van der Waals surface area contributed by atoms with E-state index in [-0.39, 0.29) is 23.6 Å². The number of alkyl halides is 3. The van der Waals surface area contributed by atoms with Gasteiger partial charge in [0.25, 0.3) is 5.91 Å². The van der Waals surface area contributed by atoms with Crippen molar-refractivity contribution in [1.29, 1.82) is 0 Å². The third-order valence-corrected chi connectivity index (χ3v) is 5.42. The van der Waals surface area contributed by atoms with Crippen LogP contribution in [0.15, 0.2) is 107 Å². The van der Waals surface area contributed by atoms with Crippen LogP contribution in [0.25, 0.3) is 0 Å². The topological polar surface area (TPSA) is 61.7 Å². The average molecular weight is 500 g/mol. The van der Waals surface area contributed by atoms with Crippen LogP contribution in [-0.4, -0.2) is 27.4 Å². The van der Waals surface area contributed by atoms with Crippen LogP contribution in [0.5, 0.6) is 0 Å². The summed E-state index contributed by atoms with van der Waals surface area (Å²) in [5.74, 6) is -0.894. The summed E-state index contributed by atoms with van der Waals surface area (Å²) < 4.78 is -2.06. The molecule has 33 heavy (non-hydrogen) atoms. The Balaban J connectivity index is 2.05. The van der Waals surface area contributed by atoms with Crippen LogP contribution < -0.4 is 16.2 Å². The Morgan fingerprint density at radius 3 is 1.76 bits per heavy atom. The Morgan fingerprint density at radius 2 is 1.33 bits per heavy atom. The van der Waals surface area contributed by atoms with E-state index in [0.29, 0.717) is 0 Å². The molecule has 0 radical (unpaired) electrons. The van der Waals surface area contributed by atoms with Gasteiger partial charge in [0.15, 0.2) is 0 Å². The van der Waals surface area contributed by atoms with Gasteiger partial charge in [-0.15, -0.1) is 0 Å². The molecule has 0 fully saturated rings. The van der Waals surface area contributed by atoms with E-state index in [1.165, 1.54) is 6.92 Å². The number of hydrogen-bond acceptors (Lipinski definition) is 3. The molecular formula is C25H22BCl3N2O2. The molecule has 0 saturated heterocycles. The summed E-state index contributed by atoms with van der Waals surface area (Å²) in [6.07, 6.45) is 0. The van der Waals surface area contributed by atoms with Gasteiger partial charge >= 0.3 is 6.85 Å². The Labute approximate surface area is 209 Å². The molecule has 2 N–H and O–H groups in total. The third kappa shape index (κ3) is 6.88. The lowest BCUT2D eigenvalue weighted by molar-refractivity contribution is -0.117. The molecular weight excluding hydrogens is 477 g/mol. The van der Waals surface area contributed by atoms with Gasteiger partial charge in [0.05, 0.1) is 5.71 Å². The van der Waals surface area contributed by atoms with E-state index in [1.807, 2.05) is 91.0 Å². The van der Waals surface area contributed by atoms with E-state index in [9.17, 15) is 9.90 Å². The third-order valence-electron chi connectivity index (χ3n) is 4.88. The zero-order valence-electron chi connectivity index (χ0n) is 17.9. The van der Waals surface area contributed by atoms with Gasteiger partial charge in [-0.2, -0.15) is 0 Å². The fourth-order valence-corrected chi connectivity index (χ4v) is 3.76. The molecule has 1 amide bonds. The maximum absolute atomic E-state index is 13.1. The Bertz CT molecular complexity index is 1090. The van der Waals surface area contributed by atoms with E-state index >= 15 is 0 Å². The van der Waals surface area contributed by atoms with Crippen molar-refractivity contribution >= 4 is 64.2 Å². The summed E-state index contributed by atoms with van der Waals surface area (Å²) in [6.45, 7) is 1.04. The number of benzene rings is 3. The van der Waals surface area contributed by atoms with E-state index in [2.05, 4.69) is 5.32 Å². The van der Waals surface area contributed by atoms with E-state index < -0.39 is 16.5 Å². The maximum Gasteiger partial charge on any atom is 0.344 e. The summed E-state index contributed by atoms with van der Waals surface area (Å²) in [4.78, 5) is 17.8. The highest BCUT2D eigenvalue weighted by Gasteiger charge is 2.37.